The van der Waals surface area contributed by atoms with Gasteiger partial charge < -0.3 is 14.2 Å². The third kappa shape index (κ3) is 8.60. The lowest BCUT2D eigenvalue weighted by Crippen LogP contribution is -2.24. The molecule has 0 amide bonds. The largest absolute Gasteiger partial charge is 0.454 e. The van der Waals surface area contributed by atoms with Gasteiger partial charge in [0.15, 0.2) is 11.6 Å². The highest BCUT2D eigenvalue weighted by molar-refractivity contribution is 9.10. The Bertz CT molecular complexity index is 2760. The van der Waals surface area contributed by atoms with Crippen molar-refractivity contribution in [1.82, 2.24) is 23.5 Å². The van der Waals surface area contributed by atoms with E-state index < -0.39 is 27.3 Å². The number of fused-ring (bicyclic) bond motifs is 1. The Labute approximate surface area is 356 Å². The van der Waals surface area contributed by atoms with E-state index in [0.29, 0.717) is 36.3 Å². The molecule has 7 aromatic rings. The van der Waals surface area contributed by atoms with Gasteiger partial charge >= 0.3 is 0 Å². The molecular formula is C46H44BrF2N5O5S. The summed E-state index contributed by atoms with van der Waals surface area (Å²) < 4.78 is 84.4. The zero-order valence-electron chi connectivity index (χ0n) is 33.2. The van der Waals surface area contributed by atoms with E-state index in [1.807, 2.05) is 44.3 Å². The minimum atomic E-state index is -4.08. The van der Waals surface area contributed by atoms with Gasteiger partial charge in [0.2, 0.25) is 0 Å². The van der Waals surface area contributed by atoms with Crippen LogP contribution in [0.25, 0.3) is 22.2 Å². The Morgan fingerprint density at radius 2 is 1.83 bits per heavy atom. The van der Waals surface area contributed by atoms with Gasteiger partial charge in [-0.2, -0.15) is 10.2 Å². The molecule has 1 aliphatic heterocycles. The highest BCUT2D eigenvalue weighted by Crippen LogP contribution is 2.40. The van der Waals surface area contributed by atoms with Crippen LogP contribution in [0.5, 0.6) is 11.5 Å². The summed E-state index contributed by atoms with van der Waals surface area (Å²) in [7, 11) is -4.08. The maximum atomic E-state index is 16.7. The second-order valence-corrected chi connectivity index (χ2v) is 18.0. The molecule has 4 heterocycles. The van der Waals surface area contributed by atoms with Crippen LogP contribution in [0.1, 0.15) is 68.5 Å². The monoisotopic (exact) mass is 895 g/mol. The molecule has 310 valence electrons. The Hall–Kier alpha value is -5.41. The van der Waals surface area contributed by atoms with E-state index in [0.717, 1.165) is 44.9 Å². The van der Waals surface area contributed by atoms with Gasteiger partial charge in [-0.15, -0.1) is 6.58 Å². The van der Waals surface area contributed by atoms with Gasteiger partial charge in [-0.1, -0.05) is 52.3 Å². The second kappa shape index (κ2) is 17.3. The molecule has 0 N–H and O–H groups in total. The molecule has 0 aliphatic carbocycles. The lowest BCUT2D eigenvalue weighted by atomic mass is 10.0. The first kappa shape index (κ1) is 41.3. The lowest BCUT2D eigenvalue weighted by Gasteiger charge is -2.25. The summed E-state index contributed by atoms with van der Waals surface area (Å²) in [5.74, 6) is -1.29. The maximum Gasteiger partial charge on any atom is 0.268 e. The first-order valence-electron chi connectivity index (χ1n) is 19.7. The highest BCUT2D eigenvalue weighted by atomic mass is 79.9. The van der Waals surface area contributed by atoms with Crippen molar-refractivity contribution in [3.63, 3.8) is 0 Å². The SMILES string of the molecule is C=CC(C)(C)OCCC(c1cccc(Br)c1)n1nccc1-c1cc(Oc2c(F)cc3c(ccn3S(=O)(=O)c3ccccc3)c2Cc2cnn(C3CCCCO3)c2)ccc1F. The Morgan fingerprint density at radius 1 is 1.00 bits per heavy atom. The number of aromatic nitrogens is 5. The number of nitrogens with zero attached hydrogens (tertiary/aromatic N) is 5. The molecule has 2 atom stereocenters. The van der Waals surface area contributed by atoms with Crippen molar-refractivity contribution in [3.05, 3.63) is 161 Å². The van der Waals surface area contributed by atoms with Crippen molar-refractivity contribution in [3.8, 4) is 22.8 Å². The molecular weight excluding hydrogens is 853 g/mol. The molecule has 10 nitrogen and oxygen atoms in total. The van der Waals surface area contributed by atoms with Gasteiger partial charge in [-0.25, -0.2) is 25.9 Å². The molecule has 2 unspecified atom stereocenters. The maximum absolute atomic E-state index is 16.7. The summed E-state index contributed by atoms with van der Waals surface area (Å²) in [5, 5.41) is 9.69. The zero-order valence-corrected chi connectivity index (χ0v) is 35.6. The third-order valence-electron chi connectivity index (χ3n) is 10.7. The molecule has 1 saturated heterocycles. The molecule has 1 fully saturated rings. The smallest absolute Gasteiger partial charge is 0.268 e. The van der Waals surface area contributed by atoms with E-state index in [4.69, 9.17) is 14.2 Å². The first-order chi connectivity index (χ1) is 28.9. The molecule has 4 aromatic carbocycles. The van der Waals surface area contributed by atoms with E-state index in [-0.39, 0.29) is 46.2 Å². The Morgan fingerprint density at radius 3 is 2.60 bits per heavy atom. The number of benzene rings is 4. The summed E-state index contributed by atoms with van der Waals surface area (Å²) in [5.41, 5.74) is 2.32. The fourth-order valence-corrected chi connectivity index (χ4v) is 9.31. The summed E-state index contributed by atoms with van der Waals surface area (Å²) in [4.78, 5) is 0.0619. The molecule has 8 rings (SSSR count). The Kier molecular flexibility index (Phi) is 11.9. The molecule has 0 saturated carbocycles. The van der Waals surface area contributed by atoms with Crippen LogP contribution in [0.3, 0.4) is 0 Å². The van der Waals surface area contributed by atoms with Gasteiger partial charge in [0, 0.05) is 58.7 Å². The van der Waals surface area contributed by atoms with Crippen LogP contribution in [-0.2, 0) is 25.9 Å². The topological polar surface area (TPSA) is 102 Å². The normalized spacial score (nSPS) is 15.3. The van der Waals surface area contributed by atoms with E-state index in [9.17, 15) is 8.42 Å². The van der Waals surface area contributed by atoms with E-state index in [1.165, 1.54) is 36.5 Å². The number of ether oxygens (including phenoxy) is 3. The van der Waals surface area contributed by atoms with Crippen LogP contribution in [0, 0.1) is 11.6 Å². The molecule has 14 heteroatoms. The third-order valence-corrected chi connectivity index (χ3v) is 12.9. The van der Waals surface area contributed by atoms with E-state index in [2.05, 4.69) is 32.7 Å². The minimum Gasteiger partial charge on any atom is -0.454 e. The van der Waals surface area contributed by atoms with Crippen LogP contribution in [0.15, 0.2) is 138 Å². The van der Waals surface area contributed by atoms with Crippen LogP contribution in [0.4, 0.5) is 8.78 Å². The summed E-state index contributed by atoms with van der Waals surface area (Å²) in [6.07, 6.45) is 11.6. The van der Waals surface area contributed by atoms with Crippen LogP contribution >= 0.6 is 15.9 Å². The van der Waals surface area contributed by atoms with Crippen molar-refractivity contribution in [2.75, 3.05) is 13.2 Å². The van der Waals surface area contributed by atoms with Crippen molar-refractivity contribution in [1.29, 1.82) is 0 Å². The quantitative estimate of drug-likeness (QED) is 0.0945. The fraction of sp³-hybridized carbons (Fsp3) is 0.261. The van der Waals surface area contributed by atoms with Gasteiger partial charge in [0.25, 0.3) is 10.0 Å². The Balaban J connectivity index is 1.19. The number of hydrogen-bond acceptors (Lipinski definition) is 7. The summed E-state index contributed by atoms with van der Waals surface area (Å²) in [6.45, 7) is 8.75. The lowest BCUT2D eigenvalue weighted by molar-refractivity contribution is -0.0395. The van der Waals surface area contributed by atoms with Crippen LogP contribution in [-0.4, -0.2) is 50.8 Å². The standard InChI is InChI=1S/C46H44BrF2N5O5S/c1-4-46(2,3)58-24-20-41(32-11-10-12-33(47)26-32)54-42(18-21-50-54)38-27-34(16-17-39(38)48)59-45-37(25-31-29-51-52(30-31)44-15-8-9-23-57-44)36-19-22-53(43(36)28-40(45)49)60(55,56)35-13-6-5-7-14-35/h4-7,10-14,16-19,21-22,26-30,41,44H,1,8-9,15,20,23-25H2,2-3H3. The predicted octanol–water partition coefficient (Wildman–Crippen LogP) is 11.0. The van der Waals surface area contributed by atoms with Crippen molar-refractivity contribution in [2.24, 2.45) is 0 Å². The number of rotatable bonds is 15. The first-order valence-corrected chi connectivity index (χ1v) is 22.0. The van der Waals surface area contributed by atoms with Crippen molar-refractivity contribution < 1.29 is 31.4 Å². The predicted molar refractivity (Wildman–Crippen MR) is 230 cm³/mol. The minimum absolute atomic E-state index is 0.0619. The summed E-state index contributed by atoms with van der Waals surface area (Å²) >= 11 is 3.59. The zero-order chi connectivity index (χ0) is 42.0. The molecule has 0 spiro atoms. The van der Waals surface area contributed by atoms with Gasteiger partial charge in [-0.3, -0.25) is 4.68 Å². The number of hydrogen-bond donors (Lipinski definition) is 0. The van der Waals surface area contributed by atoms with Gasteiger partial charge in [0.05, 0.1) is 40.6 Å². The van der Waals surface area contributed by atoms with Crippen molar-refractivity contribution >= 4 is 36.9 Å². The van der Waals surface area contributed by atoms with Crippen molar-refractivity contribution in [2.45, 2.75) is 68.7 Å². The highest BCUT2D eigenvalue weighted by Gasteiger charge is 2.27. The molecule has 3 aromatic heterocycles. The van der Waals surface area contributed by atoms with E-state index >= 15 is 8.78 Å². The van der Waals surface area contributed by atoms with Crippen LogP contribution in [0.2, 0.25) is 0 Å². The fourth-order valence-electron chi connectivity index (χ4n) is 7.53. The molecule has 0 radical (unpaired) electrons. The van der Waals surface area contributed by atoms with Gasteiger partial charge in [-0.05, 0) is 105 Å². The van der Waals surface area contributed by atoms with E-state index in [1.54, 1.807) is 58.2 Å². The van der Waals surface area contributed by atoms with Crippen LogP contribution < -0.4 is 4.74 Å². The molecule has 1 aliphatic rings. The van der Waals surface area contributed by atoms with Gasteiger partial charge in [0.1, 0.15) is 17.8 Å². The molecule has 0 bridgehead atoms. The second-order valence-electron chi connectivity index (χ2n) is 15.3. The number of halogens is 3. The average Bonchev–Trinajstić information content (AvgIpc) is 4.03. The molecule has 60 heavy (non-hydrogen) atoms. The summed E-state index contributed by atoms with van der Waals surface area (Å²) in [6, 6.07) is 24.2. The average molecular weight is 897 g/mol.